The lowest BCUT2D eigenvalue weighted by Crippen LogP contribution is -2.53. The molecule has 1 heterocycles. The van der Waals surface area contributed by atoms with Gasteiger partial charge in [-0.1, -0.05) is 24.6 Å². The summed E-state index contributed by atoms with van der Waals surface area (Å²) in [6.45, 7) is 9.18. The average molecular weight is 425 g/mol. The van der Waals surface area contributed by atoms with Crippen LogP contribution in [-0.2, 0) is 19.6 Å². The smallest absolute Gasteiger partial charge is 0.243 e. The van der Waals surface area contributed by atoms with Crippen molar-refractivity contribution in [3.63, 3.8) is 0 Å². The number of carbonyl (C=O) groups excluding carboxylic acids is 2. The van der Waals surface area contributed by atoms with Crippen molar-refractivity contribution < 1.29 is 18.0 Å². The Morgan fingerprint density at radius 1 is 1.03 bits per heavy atom. The molecule has 0 aromatic heterocycles. The van der Waals surface area contributed by atoms with Crippen LogP contribution < -0.4 is 10.6 Å². The third-order valence-electron chi connectivity index (χ3n) is 5.13. The van der Waals surface area contributed by atoms with Gasteiger partial charge in [0.2, 0.25) is 21.8 Å². The molecular formula is C20H32N4O4S. The van der Waals surface area contributed by atoms with E-state index in [1.165, 1.54) is 4.31 Å². The number of sulfonamides is 1. The first-order valence-electron chi connectivity index (χ1n) is 10.0. The fourth-order valence-corrected chi connectivity index (χ4v) is 4.44. The molecule has 1 fully saturated rings. The Bertz CT molecular complexity index is 802. The number of piperazine rings is 1. The van der Waals surface area contributed by atoms with Crippen molar-refractivity contribution in [3.8, 4) is 0 Å². The first-order chi connectivity index (χ1) is 13.6. The summed E-state index contributed by atoms with van der Waals surface area (Å²) < 4.78 is 26.9. The van der Waals surface area contributed by atoms with Gasteiger partial charge >= 0.3 is 0 Å². The topological polar surface area (TPSA) is 98.8 Å². The quantitative estimate of drug-likeness (QED) is 0.641. The molecule has 8 nitrogen and oxygen atoms in total. The minimum Gasteiger partial charge on any atom is -0.352 e. The van der Waals surface area contributed by atoms with Crippen LogP contribution in [0.4, 0.5) is 0 Å². The Morgan fingerprint density at radius 2 is 1.62 bits per heavy atom. The van der Waals surface area contributed by atoms with E-state index in [2.05, 4.69) is 10.6 Å². The van der Waals surface area contributed by atoms with Gasteiger partial charge in [-0.25, -0.2) is 8.42 Å². The van der Waals surface area contributed by atoms with Crippen LogP contribution in [0.1, 0.15) is 32.8 Å². The van der Waals surface area contributed by atoms with Gasteiger partial charge in [-0.2, -0.15) is 4.31 Å². The number of hydrogen-bond acceptors (Lipinski definition) is 5. The zero-order valence-corrected chi connectivity index (χ0v) is 18.5. The standard InChI is InChI=1S/C20H32N4O4S/c1-5-16(3)21-20(26)17(4)22-19(25)14-23-10-12-24(13-11-23)29(27,28)18-8-6-15(2)7-9-18/h6-9,16-17H,5,10-14H2,1-4H3,(H,21,26)(H,22,25). The summed E-state index contributed by atoms with van der Waals surface area (Å²) in [6, 6.07) is 6.26. The number of nitrogens with one attached hydrogen (secondary N) is 2. The summed E-state index contributed by atoms with van der Waals surface area (Å²) in [6.07, 6.45) is 0.822. The van der Waals surface area contributed by atoms with E-state index in [-0.39, 0.29) is 29.3 Å². The third kappa shape index (κ3) is 6.52. The van der Waals surface area contributed by atoms with E-state index in [0.717, 1.165) is 12.0 Å². The van der Waals surface area contributed by atoms with Crippen molar-refractivity contribution in [2.24, 2.45) is 0 Å². The van der Waals surface area contributed by atoms with E-state index in [0.29, 0.717) is 26.2 Å². The molecule has 1 aliphatic rings. The van der Waals surface area contributed by atoms with Gasteiger partial charge in [-0.05, 0) is 39.3 Å². The summed E-state index contributed by atoms with van der Waals surface area (Å²) in [5, 5.41) is 5.54. The van der Waals surface area contributed by atoms with E-state index >= 15 is 0 Å². The van der Waals surface area contributed by atoms with Crippen molar-refractivity contribution in [1.29, 1.82) is 0 Å². The van der Waals surface area contributed by atoms with E-state index in [1.54, 1.807) is 31.2 Å². The number of rotatable bonds is 8. The van der Waals surface area contributed by atoms with Crippen molar-refractivity contribution >= 4 is 21.8 Å². The van der Waals surface area contributed by atoms with Gasteiger partial charge in [0.1, 0.15) is 6.04 Å². The van der Waals surface area contributed by atoms with Gasteiger partial charge in [-0.3, -0.25) is 14.5 Å². The molecule has 9 heteroatoms. The molecule has 0 radical (unpaired) electrons. The highest BCUT2D eigenvalue weighted by Crippen LogP contribution is 2.18. The van der Waals surface area contributed by atoms with Crippen LogP contribution in [0.2, 0.25) is 0 Å². The number of carbonyl (C=O) groups is 2. The number of amides is 2. The van der Waals surface area contributed by atoms with Crippen LogP contribution in [0.25, 0.3) is 0 Å². The minimum absolute atomic E-state index is 0.0606. The zero-order valence-electron chi connectivity index (χ0n) is 17.6. The third-order valence-corrected chi connectivity index (χ3v) is 7.04. The molecule has 162 valence electrons. The first-order valence-corrected chi connectivity index (χ1v) is 11.5. The number of benzene rings is 1. The summed E-state index contributed by atoms with van der Waals surface area (Å²) in [5.41, 5.74) is 1.01. The highest BCUT2D eigenvalue weighted by atomic mass is 32.2. The molecule has 2 unspecified atom stereocenters. The Hall–Kier alpha value is -1.97. The molecule has 2 N–H and O–H groups in total. The van der Waals surface area contributed by atoms with E-state index < -0.39 is 16.1 Å². The van der Waals surface area contributed by atoms with Crippen molar-refractivity contribution in [3.05, 3.63) is 29.8 Å². The summed E-state index contributed by atoms with van der Waals surface area (Å²) in [5.74, 6) is -0.451. The van der Waals surface area contributed by atoms with E-state index in [9.17, 15) is 18.0 Å². The lowest BCUT2D eigenvalue weighted by molar-refractivity contribution is -0.129. The normalized spacial score (nSPS) is 18.1. The van der Waals surface area contributed by atoms with Crippen LogP contribution in [0, 0.1) is 6.92 Å². The lowest BCUT2D eigenvalue weighted by atomic mass is 10.2. The Labute approximate surface area is 173 Å². The maximum atomic E-state index is 12.7. The molecule has 0 spiro atoms. The zero-order chi connectivity index (χ0) is 21.6. The summed E-state index contributed by atoms with van der Waals surface area (Å²) in [4.78, 5) is 26.5. The van der Waals surface area contributed by atoms with Crippen LogP contribution in [0.3, 0.4) is 0 Å². The predicted octanol–water partition coefficient (Wildman–Crippen LogP) is 0.721. The number of nitrogens with zero attached hydrogens (tertiary/aromatic N) is 2. The van der Waals surface area contributed by atoms with E-state index in [1.807, 2.05) is 25.7 Å². The minimum atomic E-state index is -3.52. The number of aryl methyl sites for hydroxylation is 1. The molecule has 1 aliphatic heterocycles. The van der Waals surface area contributed by atoms with Gasteiger partial charge in [0.15, 0.2) is 0 Å². The molecule has 0 aliphatic carbocycles. The molecule has 2 atom stereocenters. The Morgan fingerprint density at radius 3 is 2.17 bits per heavy atom. The van der Waals surface area contributed by atoms with Crippen LogP contribution in [-0.4, -0.2) is 74.2 Å². The second kappa shape index (κ2) is 10.2. The highest BCUT2D eigenvalue weighted by molar-refractivity contribution is 7.89. The van der Waals surface area contributed by atoms with Gasteiger partial charge in [0.05, 0.1) is 11.4 Å². The average Bonchev–Trinajstić information content (AvgIpc) is 2.68. The molecule has 0 saturated carbocycles. The van der Waals surface area contributed by atoms with Crippen LogP contribution in [0.5, 0.6) is 0 Å². The van der Waals surface area contributed by atoms with Gasteiger partial charge in [0.25, 0.3) is 0 Å². The molecule has 1 aromatic carbocycles. The Kier molecular flexibility index (Phi) is 8.18. The second-order valence-electron chi connectivity index (χ2n) is 7.60. The highest BCUT2D eigenvalue weighted by Gasteiger charge is 2.29. The lowest BCUT2D eigenvalue weighted by Gasteiger charge is -2.33. The maximum Gasteiger partial charge on any atom is 0.243 e. The van der Waals surface area contributed by atoms with Crippen LogP contribution >= 0.6 is 0 Å². The summed E-state index contributed by atoms with van der Waals surface area (Å²) >= 11 is 0. The Balaban J connectivity index is 1.82. The van der Waals surface area contributed by atoms with Crippen LogP contribution in [0.15, 0.2) is 29.2 Å². The first kappa shape index (κ1) is 23.3. The molecule has 1 saturated heterocycles. The molecular weight excluding hydrogens is 392 g/mol. The SMILES string of the molecule is CCC(C)NC(=O)C(C)NC(=O)CN1CCN(S(=O)(=O)c2ccc(C)cc2)CC1. The second-order valence-corrected chi connectivity index (χ2v) is 9.54. The van der Waals surface area contributed by atoms with Crippen molar-refractivity contribution in [1.82, 2.24) is 19.8 Å². The van der Waals surface area contributed by atoms with Crippen molar-refractivity contribution in [2.45, 2.75) is 51.1 Å². The monoisotopic (exact) mass is 424 g/mol. The largest absolute Gasteiger partial charge is 0.352 e. The fourth-order valence-electron chi connectivity index (χ4n) is 3.01. The van der Waals surface area contributed by atoms with Crippen molar-refractivity contribution in [2.75, 3.05) is 32.7 Å². The molecule has 0 bridgehead atoms. The summed E-state index contributed by atoms with van der Waals surface area (Å²) in [7, 11) is -3.52. The predicted molar refractivity (Wildman–Crippen MR) is 112 cm³/mol. The van der Waals surface area contributed by atoms with Gasteiger partial charge in [-0.15, -0.1) is 0 Å². The molecule has 2 rings (SSSR count). The van der Waals surface area contributed by atoms with Gasteiger partial charge < -0.3 is 10.6 Å². The maximum absolute atomic E-state index is 12.7. The molecule has 29 heavy (non-hydrogen) atoms. The molecule has 2 amide bonds. The van der Waals surface area contributed by atoms with E-state index in [4.69, 9.17) is 0 Å². The fraction of sp³-hybridized carbons (Fsp3) is 0.600. The number of hydrogen-bond donors (Lipinski definition) is 2. The van der Waals surface area contributed by atoms with Gasteiger partial charge in [0, 0.05) is 32.2 Å². The molecule has 1 aromatic rings.